The molecular weight excluding hydrogens is 456 g/mol. The van der Waals surface area contributed by atoms with Crippen LogP contribution >= 0.6 is 11.6 Å². The van der Waals surface area contributed by atoms with Gasteiger partial charge in [-0.2, -0.15) is 0 Å². The highest BCUT2D eigenvalue weighted by Crippen LogP contribution is 2.44. The van der Waals surface area contributed by atoms with E-state index < -0.39 is 12.2 Å². The van der Waals surface area contributed by atoms with Gasteiger partial charge in [0.2, 0.25) is 5.91 Å². The molecule has 2 fully saturated rings. The van der Waals surface area contributed by atoms with Gasteiger partial charge in [0, 0.05) is 18.1 Å². The SMILES string of the molecule is CC(C)[NH2+]C[C@@H](C(=O)N1CCN(c2ncnc3c2[C@@H](C)OC(=O)N3)[C@H]2C[C@H]21)c1ccc(Cl)cc1. The molecule has 0 spiro atoms. The molecule has 2 aromatic rings. The molecule has 0 radical (unpaired) electrons. The summed E-state index contributed by atoms with van der Waals surface area (Å²) >= 11 is 6.09. The van der Waals surface area contributed by atoms with Gasteiger partial charge in [-0.1, -0.05) is 23.7 Å². The van der Waals surface area contributed by atoms with E-state index in [1.54, 1.807) is 0 Å². The highest BCUT2D eigenvalue weighted by molar-refractivity contribution is 6.30. The van der Waals surface area contributed by atoms with Crippen LogP contribution in [0.25, 0.3) is 0 Å². The summed E-state index contributed by atoms with van der Waals surface area (Å²) in [5.74, 6) is 1.22. The van der Waals surface area contributed by atoms with Crippen LogP contribution in [0.1, 0.15) is 50.3 Å². The number of aromatic nitrogens is 2. The lowest BCUT2D eigenvalue weighted by Gasteiger charge is -2.38. The number of nitrogens with one attached hydrogen (secondary N) is 1. The van der Waals surface area contributed by atoms with Gasteiger partial charge < -0.3 is 19.9 Å². The normalized spacial score (nSPS) is 24.1. The van der Waals surface area contributed by atoms with E-state index in [2.05, 4.69) is 39.3 Å². The number of piperazine rings is 1. The van der Waals surface area contributed by atoms with Gasteiger partial charge in [-0.15, -0.1) is 0 Å². The Kier molecular flexibility index (Phi) is 6.07. The zero-order chi connectivity index (χ0) is 24.0. The number of hydrogen-bond donors (Lipinski definition) is 2. The third-order valence-electron chi connectivity index (χ3n) is 6.85. The summed E-state index contributed by atoms with van der Waals surface area (Å²) in [7, 11) is 0. The molecule has 3 heterocycles. The smallest absolute Gasteiger partial charge is 0.413 e. The zero-order valence-electron chi connectivity index (χ0n) is 19.6. The summed E-state index contributed by atoms with van der Waals surface area (Å²) in [6.45, 7) is 8.08. The van der Waals surface area contributed by atoms with Crippen molar-refractivity contribution >= 4 is 35.2 Å². The summed E-state index contributed by atoms with van der Waals surface area (Å²) in [4.78, 5) is 38.6. The molecule has 1 saturated heterocycles. The van der Waals surface area contributed by atoms with Crippen LogP contribution in [0, 0.1) is 0 Å². The number of carbonyl (C=O) groups excluding carboxylic acids is 2. The number of anilines is 2. The first-order chi connectivity index (χ1) is 16.3. The summed E-state index contributed by atoms with van der Waals surface area (Å²) in [5.41, 5.74) is 1.79. The van der Waals surface area contributed by atoms with E-state index >= 15 is 0 Å². The highest BCUT2D eigenvalue weighted by atomic mass is 35.5. The van der Waals surface area contributed by atoms with E-state index in [1.165, 1.54) is 6.33 Å². The summed E-state index contributed by atoms with van der Waals surface area (Å²) < 4.78 is 5.35. The molecule has 34 heavy (non-hydrogen) atoms. The fourth-order valence-electron chi connectivity index (χ4n) is 5.04. The molecule has 5 rings (SSSR count). The van der Waals surface area contributed by atoms with Gasteiger partial charge in [0.15, 0.2) is 0 Å². The van der Waals surface area contributed by atoms with Crippen molar-refractivity contribution in [3.8, 4) is 0 Å². The van der Waals surface area contributed by atoms with Gasteiger partial charge in [0.1, 0.15) is 30.0 Å². The fraction of sp³-hybridized carbons (Fsp3) is 0.500. The summed E-state index contributed by atoms with van der Waals surface area (Å²) in [6, 6.07) is 8.37. The number of nitrogens with two attached hydrogens (primary N) is 1. The minimum absolute atomic E-state index is 0.148. The van der Waals surface area contributed by atoms with Crippen molar-refractivity contribution in [1.82, 2.24) is 14.9 Å². The van der Waals surface area contributed by atoms with Crippen LogP contribution in [-0.4, -0.2) is 64.6 Å². The highest BCUT2D eigenvalue weighted by Gasteiger charge is 2.53. The van der Waals surface area contributed by atoms with Gasteiger partial charge in [-0.25, -0.2) is 14.8 Å². The molecule has 1 aromatic carbocycles. The number of fused-ring (bicyclic) bond motifs is 2. The van der Waals surface area contributed by atoms with Crippen LogP contribution < -0.4 is 15.5 Å². The molecular formula is C24H30ClN6O3+. The second-order valence-corrected chi connectivity index (χ2v) is 9.98. The van der Waals surface area contributed by atoms with Crippen molar-refractivity contribution in [1.29, 1.82) is 0 Å². The van der Waals surface area contributed by atoms with Gasteiger partial charge in [-0.3, -0.25) is 10.1 Å². The quantitative estimate of drug-likeness (QED) is 0.650. The summed E-state index contributed by atoms with van der Waals surface area (Å²) in [5, 5.41) is 5.55. The minimum atomic E-state index is -0.504. The van der Waals surface area contributed by atoms with Crippen LogP contribution in [0.2, 0.25) is 5.02 Å². The third kappa shape index (κ3) is 4.30. The Balaban J connectivity index is 1.35. The van der Waals surface area contributed by atoms with Crippen molar-refractivity contribution in [2.45, 2.75) is 57.3 Å². The van der Waals surface area contributed by atoms with E-state index in [9.17, 15) is 9.59 Å². The van der Waals surface area contributed by atoms with E-state index in [1.807, 2.05) is 36.1 Å². The van der Waals surface area contributed by atoms with Gasteiger partial charge in [0.25, 0.3) is 0 Å². The second kappa shape index (κ2) is 9.03. The standard InChI is InChI=1S/C24H29ClN6O3/c1-13(2)26-11-17(15-4-6-16(25)7-5-15)23(32)31-9-8-30(18-10-19(18)31)22-20-14(3)34-24(33)29-21(20)27-12-28-22/h4-7,12-14,17-19,26H,8-11H2,1-3H3,(H,27,28,29,33)/p+1/t14-,17-,18+,19-/m1/s1. The van der Waals surface area contributed by atoms with Crippen LogP contribution in [0.5, 0.6) is 0 Å². The Bertz CT molecular complexity index is 1090. The van der Waals surface area contributed by atoms with E-state index in [-0.39, 0.29) is 23.9 Å². The van der Waals surface area contributed by atoms with Crippen molar-refractivity contribution in [3.05, 3.63) is 46.7 Å². The molecule has 0 unspecified atom stereocenters. The molecule has 10 heteroatoms. The topological polar surface area (TPSA) is 104 Å². The number of rotatable bonds is 6. The van der Waals surface area contributed by atoms with Crippen molar-refractivity contribution in [3.63, 3.8) is 0 Å². The number of halogens is 1. The van der Waals surface area contributed by atoms with E-state index in [0.717, 1.165) is 23.4 Å². The number of nitrogens with zero attached hydrogens (tertiary/aromatic N) is 4. The Labute approximate surface area is 203 Å². The molecule has 1 saturated carbocycles. The lowest BCUT2D eigenvalue weighted by molar-refractivity contribution is -0.683. The second-order valence-electron chi connectivity index (χ2n) is 9.55. The number of hydrogen-bond acceptors (Lipinski definition) is 6. The Morgan fingerprint density at radius 3 is 2.74 bits per heavy atom. The first kappa shape index (κ1) is 22.9. The first-order valence-electron chi connectivity index (χ1n) is 11.8. The lowest BCUT2D eigenvalue weighted by Crippen LogP contribution is -2.89. The molecule has 2 amide bonds. The van der Waals surface area contributed by atoms with Crippen LogP contribution in [0.4, 0.5) is 16.4 Å². The number of amides is 2. The Morgan fingerprint density at radius 1 is 1.24 bits per heavy atom. The largest absolute Gasteiger partial charge is 0.441 e. The van der Waals surface area contributed by atoms with Crippen molar-refractivity contribution < 1.29 is 19.6 Å². The number of carbonyl (C=O) groups is 2. The number of cyclic esters (lactones) is 1. The fourth-order valence-corrected chi connectivity index (χ4v) is 5.17. The molecule has 3 N–H and O–H groups in total. The van der Waals surface area contributed by atoms with E-state index in [0.29, 0.717) is 36.5 Å². The summed E-state index contributed by atoms with van der Waals surface area (Å²) in [6.07, 6.45) is 1.43. The Morgan fingerprint density at radius 2 is 2.00 bits per heavy atom. The van der Waals surface area contributed by atoms with Crippen LogP contribution in [0.15, 0.2) is 30.6 Å². The molecule has 9 nitrogen and oxygen atoms in total. The van der Waals surface area contributed by atoms with E-state index in [4.69, 9.17) is 16.3 Å². The number of quaternary nitrogens is 1. The zero-order valence-corrected chi connectivity index (χ0v) is 20.3. The van der Waals surface area contributed by atoms with Crippen molar-refractivity contribution in [2.24, 2.45) is 0 Å². The number of ether oxygens (including phenoxy) is 1. The van der Waals surface area contributed by atoms with Gasteiger partial charge in [-0.05, 0) is 44.9 Å². The average molecular weight is 486 g/mol. The van der Waals surface area contributed by atoms with Gasteiger partial charge in [0.05, 0.1) is 30.2 Å². The maximum absolute atomic E-state index is 13.8. The van der Waals surface area contributed by atoms with Crippen molar-refractivity contribution in [2.75, 3.05) is 29.9 Å². The third-order valence-corrected chi connectivity index (χ3v) is 7.10. The predicted molar refractivity (Wildman–Crippen MR) is 128 cm³/mol. The molecule has 0 bridgehead atoms. The molecule has 180 valence electrons. The molecule has 1 aromatic heterocycles. The predicted octanol–water partition coefficient (Wildman–Crippen LogP) is 2.30. The first-order valence-corrected chi connectivity index (χ1v) is 12.2. The molecule has 1 aliphatic carbocycles. The van der Waals surface area contributed by atoms with Crippen LogP contribution in [0.3, 0.4) is 0 Å². The average Bonchev–Trinajstić information content (AvgIpc) is 3.60. The molecule has 2 aliphatic heterocycles. The minimum Gasteiger partial charge on any atom is -0.441 e. The maximum Gasteiger partial charge on any atom is 0.413 e. The maximum atomic E-state index is 13.8. The van der Waals surface area contributed by atoms with Gasteiger partial charge >= 0.3 is 6.09 Å². The lowest BCUT2D eigenvalue weighted by atomic mass is 9.96. The molecule has 3 aliphatic rings. The van der Waals surface area contributed by atoms with Crippen LogP contribution in [-0.2, 0) is 9.53 Å². The monoisotopic (exact) mass is 485 g/mol. The Hall–Kier alpha value is -2.91. The molecule has 4 atom stereocenters. The number of benzene rings is 1.